The first-order chi connectivity index (χ1) is 16.5. The third kappa shape index (κ3) is 5.99. The highest BCUT2D eigenvalue weighted by Crippen LogP contribution is 2.25. The van der Waals surface area contributed by atoms with E-state index in [9.17, 15) is 14.0 Å². The van der Waals surface area contributed by atoms with Gasteiger partial charge in [0, 0.05) is 30.0 Å². The van der Waals surface area contributed by atoms with Gasteiger partial charge in [-0.15, -0.1) is 10.2 Å². The van der Waals surface area contributed by atoms with E-state index in [2.05, 4.69) is 10.2 Å². The Morgan fingerprint density at radius 2 is 1.94 bits per heavy atom. The second kappa shape index (κ2) is 11.2. The van der Waals surface area contributed by atoms with Gasteiger partial charge in [-0.05, 0) is 73.9 Å². The Labute approximate surface area is 202 Å². The van der Waals surface area contributed by atoms with Crippen molar-refractivity contribution in [1.29, 1.82) is 0 Å². The second-order valence-electron chi connectivity index (χ2n) is 8.10. The molecule has 1 atom stereocenters. The van der Waals surface area contributed by atoms with Crippen LogP contribution < -0.4 is 0 Å². The van der Waals surface area contributed by atoms with Crippen LogP contribution >= 0.6 is 11.8 Å². The Balaban J connectivity index is 1.36. The van der Waals surface area contributed by atoms with Gasteiger partial charge in [-0.3, -0.25) is 9.59 Å². The van der Waals surface area contributed by atoms with Crippen LogP contribution in [-0.2, 0) is 15.3 Å². The van der Waals surface area contributed by atoms with E-state index in [1.807, 2.05) is 36.4 Å². The van der Waals surface area contributed by atoms with Crippen LogP contribution in [0.1, 0.15) is 35.7 Å². The van der Waals surface area contributed by atoms with Crippen molar-refractivity contribution in [3.8, 4) is 11.3 Å². The largest absolute Gasteiger partial charge is 0.466 e. The van der Waals surface area contributed by atoms with Crippen molar-refractivity contribution in [2.45, 2.75) is 30.5 Å². The van der Waals surface area contributed by atoms with Crippen LogP contribution in [0.2, 0.25) is 0 Å². The average Bonchev–Trinajstić information content (AvgIpc) is 2.88. The summed E-state index contributed by atoms with van der Waals surface area (Å²) in [5.41, 5.74) is 3.10. The topological polar surface area (TPSA) is 72.4 Å². The lowest BCUT2D eigenvalue weighted by atomic mass is 9.97. The van der Waals surface area contributed by atoms with Gasteiger partial charge in [0.05, 0.1) is 18.2 Å². The van der Waals surface area contributed by atoms with E-state index in [-0.39, 0.29) is 23.6 Å². The molecule has 2 aromatic carbocycles. The lowest BCUT2D eigenvalue weighted by Crippen LogP contribution is -2.42. The third-order valence-electron chi connectivity index (χ3n) is 5.67. The minimum absolute atomic E-state index is 0.0655. The van der Waals surface area contributed by atoms with Gasteiger partial charge in [-0.25, -0.2) is 4.39 Å². The van der Waals surface area contributed by atoms with Gasteiger partial charge in [-0.1, -0.05) is 23.9 Å². The summed E-state index contributed by atoms with van der Waals surface area (Å²) in [4.78, 5) is 26.9. The van der Waals surface area contributed by atoms with Crippen molar-refractivity contribution < 1.29 is 18.7 Å². The lowest BCUT2D eigenvalue weighted by molar-refractivity contribution is -0.149. The molecule has 1 aliphatic rings. The summed E-state index contributed by atoms with van der Waals surface area (Å²) in [7, 11) is 0. The molecule has 1 aliphatic heterocycles. The van der Waals surface area contributed by atoms with Crippen molar-refractivity contribution in [1.82, 2.24) is 15.1 Å². The van der Waals surface area contributed by atoms with E-state index in [1.165, 1.54) is 23.9 Å². The van der Waals surface area contributed by atoms with Crippen molar-refractivity contribution in [3.63, 3.8) is 0 Å². The van der Waals surface area contributed by atoms with Gasteiger partial charge in [-0.2, -0.15) is 0 Å². The number of likely N-dealkylation sites (tertiary alicyclic amines) is 1. The number of halogens is 1. The molecule has 1 amide bonds. The number of benzene rings is 2. The van der Waals surface area contributed by atoms with E-state index in [0.717, 1.165) is 29.0 Å². The van der Waals surface area contributed by atoms with Gasteiger partial charge in [0.1, 0.15) is 10.8 Å². The molecule has 0 bridgehead atoms. The summed E-state index contributed by atoms with van der Waals surface area (Å²) >= 11 is 1.53. The molecule has 6 nitrogen and oxygen atoms in total. The quantitative estimate of drug-likeness (QED) is 0.351. The number of aromatic nitrogens is 2. The van der Waals surface area contributed by atoms with Crippen molar-refractivity contribution in [2.24, 2.45) is 5.92 Å². The summed E-state index contributed by atoms with van der Waals surface area (Å²) in [6, 6.07) is 17.4. The Morgan fingerprint density at radius 1 is 1.12 bits per heavy atom. The maximum absolute atomic E-state index is 13.1. The van der Waals surface area contributed by atoms with E-state index in [0.29, 0.717) is 36.7 Å². The third-order valence-corrected chi connectivity index (χ3v) is 6.66. The number of carbonyl (C=O) groups is 2. The number of esters is 1. The van der Waals surface area contributed by atoms with Crippen LogP contribution in [-0.4, -0.2) is 46.7 Å². The van der Waals surface area contributed by atoms with Crippen LogP contribution in [0.4, 0.5) is 4.39 Å². The van der Waals surface area contributed by atoms with Gasteiger partial charge in [0.2, 0.25) is 0 Å². The zero-order valence-electron chi connectivity index (χ0n) is 18.9. The molecule has 1 fully saturated rings. The molecule has 1 aromatic heterocycles. The van der Waals surface area contributed by atoms with Crippen LogP contribution in [0.15, 0.2) is 65.7 Å². The molecule has 3 aromatic rings. The molecule has 1 unspecified atom stereocenters. The number of rotatable bonds is 7. The van der Waals surface area contributed by atoms with E-state index >= 15 is 0 Å². The average molecular weight is 480 g/mol. The first kappa shape index (κ1) is 23.9. The fraction of sp³-hybridized carbons (Fsp3) is 0.308. The molecule has 0 N–H and O–H groups in total. The van der Waals surface area contributed by atoms with Crippen LogP contribution in [0.5, 0.6) is 0 Å². The molecule has 176 valence electrons. The van der Waals surface area contributed by atoms with Crippen molar-refractivity contribution in [3.05, 3.63) is 77.6 Å². The number of amides is 1. The minimum atomic E-state index is -0.288. The number of carbonyl (C=O) groups excluding carboxylic acids is 2. The molecule has 0 saturated carbocycles. The maximum Gasteiger partial charge on any atom is 0.310 e. The van der Waals surface area contributed by atoms with Gasteiger partial charge < -0.3 is 9.64 Å². The zero-order chi connectivity index (χ0) is 23.9. The normalized spacial score (nSPS) is 15.7. The fourth-order valence-electron chi connectivity index (χ4n) is 3.92. The number of piperidine rings is 1. The Hall–Kier alpha value is -3.26. The first-order valence-corrected chi connectivity index (χ1v) is 12.3. The Bertz CT molecular complexity index is 1140. The number of thioether (sulfide) groups is 1. The molecule has 34 heavy (non-hydrogen) atoms. The second-order valence-corrected chi connectivity index (χ2v) is 9.09. The summed E-state index contributed by atoms with van der Waals surface area (Å²) in [6.07, 6.45) is 1.54. The summed E-state index contributed by atoms with van der Waals surface area (Å²) < 4.78 is 18.2. The summed E-state index contributed by atoms with van der Waals surface area (Å²) in [5.74, 6) is -0.200. The molecule has 0 aliphatic carbocycles. The monoisotopic (exact) mass is 479 g/mol. The van der Waals surface area contributed by atoms with E-state index in [4.69, 9.17) is 4.74 Å². The van der Waals surface area contributed by atoms with Crippen LogP contribution in [0.25, 0.3) is 11.3 Å². The van der Waals surface area contributed by atoms with Gasteiger partial charge >= 0.3 is 5.97 Å². The van der Waals surface area contributed by atoms with Crippen molar-refractivity contribution in [2.75, 3.05) is 19.7 Å². The first-order valence-electron chi connectivity index (χ1n) is 11.3. The van der Waals surface area contributed by atoms with Gasteiger partial charge in [0.15, 0.2) is 0 Å². The summed E-state index contributed by atoms with van der Waals surface area (Å²) in [5, 5.41) is 9.26. The highest BCUT2D eigenvalue weighted by Gasteiger charge is 2.29. The molecule has 1 saturated heterocycles. The highest BCUT2D eigenvalue weighted by molar-refractivity contribution is 7.98. The maximum atomic E-state index is 13.1. The number of ether oxygens (including phenoxy) is 1. The van der Waals surface area contributed by atoms with Gasteiger partial charge in [0.25, 0.3) is 5.91 Å². The standard InChI is InChI=1S/C26H26FN3O3S/c1-2-33-26(32)21-7-4-14-30(16-21)25(31)20-6-3-5-18(15-20)17-34-24-13-12-23(28-29-24)19-8-10-22(27)11-9-19/h3,5-6,8-13,15,21H,2,4,7,14,16-17H2,1H3. The molecule has 4 rings (SSSR count). The zero-order valence-corrected chi connectivity index (χ0v) is 19.8. The molecule has 8 heteroatoms. The smallest absolute Gasteiger partial charge is 0.310 e. The SMILES string of the molecule is CCOC(=O)C1CCCN(C(=O)c2cccc(CSc3ccc(-c4ccc(F)cc4)nn3)c2)C1. The molecule has 2 heterocycles. The molecular formula is C26H26FN3O3S. The minimum Gasteiger partial charge on any atom is -0.466 e. The predicted molar refractivity (Wildman–Crippen MR) is 129 cm³/mol. The number of hydrogen-bond donors (Lipinski definition) is 0. The van der Waals surface area contributed by atoms with Crippen LogP contribution in [0, 0.1) is 11.7 Å². The number of hydrogen-bond acceptors (Lipinski definition) is 6. The van der Waals surface area contributed by atoms with Crippen LogP contribution in [0.3, 0.4) is 0 Å². The molecule has 0 spiro atoms. The predicted octanol–water partition coefficient (Wildman–Crippen LogP) is 4.99. The number of nitrogens with zero attached hydrogens (tertiary/aromatic N) is 3. The molecular weight excluding hydrogens is 453 g/mol. The Kier molecular flexibility index (Phi) is 7.90. The highest BCUT2D eigenvalue weighted by atomic mass is 32.2. The van der Waals surface area contributed by atoms with Crippen molar-refractivity contribution >= 4 is 23.6 Å². The van der Waals surface area contributed by atoms with E-state index in [1.54, 1.807) is 24.0 Å². The Morgan fingerprint density at radius 3 is 2.68 bits per heavy atom. The van der Waals surface area contributed by atoms with E-state index < -0.39 is 0 Å². The fourth-order valence-corrected chi connectivity index (χ4v) is 4.68. The molecule has 0 radical (unpaired) electrons. The lowest BCUT2D eigenvalue weighted by Gasteiger charge is -2.31. The summed E-state index contributed by atoms with van der Waals surface area (Å²) in [6.45, 7) is 3.18.